The van der Waals surface area contributed by atoms with Gasteiger partial charge in [-0.3, -0.25) is 0 Å². The van der Waals surface area contributed by atoms with Crippen molar-refractivity contribution in [3.8, 4) is 0 Å². The lowest BCUT2D eigenvalue weighted by Crippen LogP contribution is -2.37. The molecule has 0 aromatic rings. The van der Waals surface area contributed by atoms with E-state index >= 15 is 0 Å². The van der Waals surface area contributed by atoms with Crippen LogP contribution in [0.2, 0.25) is 0 Å². The molecule has 0 aromatic heterocycles. The summed E-state index contributed by atoms with van der Waals surface area (Å²) in [6, 6.07) is 0.446. The summed E-state index contributed by atoms with van der Waals surface area (Å²) in [7, 11) is 2.22. The summed E-state index contributed by atoms with van der Waals surface area (Å²) in [5.74, 6) is 0.927. The highest BCUT2D eigenvalue weighted by molar-refractivity contribution is 4.81. The molecule has 2 N–H and O–H groups in total. The van der Waals surface area contributed by atoms with Gasteiger partial charge in [-0.2, -0.15) is 0 Å². The van der Waals surface area contributed by atoms with Gasteiger partial charge >= 0.3 is 0 Å². The molecule has 14 heavy (non-hydrogen) atoms. The Kier molecular flexibility index (Phi) is 3.42. The number of piperidine rings is 1. The molecule has 3 heteroatoms. The number of rotatable bonds is 2. The largest absolute Gasteiger partial charge is 0.326 e. The second-order valence-corrected chi connectivity index (χ2v) is 5.05. The highest BCUT2D eigenvalue weighted by Gasteiger charge is 2.23. The van der Waals surface area contributed by atoms with Crippen molar-refractivity contribution in [3.63, 3.8) is 0 Å². The number of hydrogen-bond acceptors (Lipinski definition) is 3. The standard InChI is InChI=1S/C11H23N3/c1-13-5-2-10(3-6-13)8-14-7-4-11(12)9-14/h10-11H,2-9,12H2,1H3/t11-/m0/s1. The summed E-state index contributed by atoms with van der Waals surface area (Å²) in [6.07, 6.45) is 3.96. The highest BCUT2D eigenvalue weighted by Crippen LogP contribution is 2.19. The number of likely N-dealkylation sites (tertiary alicyclic amines) is 2. The lowest BCUT2D eigenvalue weighted by atomic mass is 9.97. The zero-order valence-corrected chi connectivity index (χ0v) is 9.28. The Hall–Kier alpha value is -0.120. The molecule has 3 nitrogen and oxygen atoms in total. The Balaban J connectivity index is 1.70. The van der Waals surface area contributed by atoms with Crippen molar-refractivity contribution in [1.29, 1.82) is 0 Å². The number of nitrogens with zero attached hydrogens (tertiary/aromatic N) is 2. The molecule has 0 radical (unpaired) electrons. The normalized spacial score (nSPS) is 32.6. The molecule has 0 unspecified atom stereocenters. The predicted molar refractivity (Wildman–Crippen MR) is 59.3 cm³/mol. The Bertz CT molecular complexity index is 175. The van der Waals surface area contributed by atoms with Gasteiger partial charge in [0.1, 0.15) is 0 Å². The summed E-state index contributed by atoms with van der Waals surface area (Å²) in [6.45, 7) is 6.22. The van der Waals surface area contributed by atoms with Crippen LogP contribution in [-0.2, 0) is 0 Å². The summed E-state index contributed by atoms with van der Waals surface area (Å²) < 4.78 is 0. The molecule has 2 aliphatic heterocycles. The summed E-state index contributed by atoms with van der Waals surface area (Å²) in [4.78, 5) is 4.99. The number of nitrogens with two attached hydrogens (primary N) is 1. The topological polar surface area (TPSA) is 32.5 Å². The van der Waals surface area contributed by atoms with Gasteiger partial charge in [0.15, 0.2) is 0 Å². The molecule has 0 bridgehead atoms. The molecule has 0 aliphatic carbocycles. The molecule has 2 aliphatic rings. The molecule has 82 valence electrons. The molecule has 2 rings (SSSR count). The number of hydrogen-bond donors (Lipinski definition) is 1. The highest BCUT2D eigenvalue weighted by atomic mass is 15.2. The molecule has 0 saturated carbocycles. The van der Waals surface area contributed by atoms with Crippen molar-refractivity contribution in [2.45, 2.75) is 25.3 Å². The van der Waals surface area contributed by atoms with Crippen LogP contribution in [0.5, 0.6) is 0 Å². The lowest BCUT2D eigenvalue weighted by molar-refractivity contribution is 0.175. The van der Waals surface area contributed by atoms with Crippen molar-refractivity contribution in [3.05, 3.63) is 0 Å². The van der Waals surface area contributed by atoms with Crippen LogP contribution in [0, 0.1) is 5.92 Å². The van der Waals surface area contributed by atoms with Gasteiger partial charge in [0.05, 0.1) is 0 Å². The summed E-state index contributed by atoms with van der Waals surface area (Å²) in [5, 5.41) is 0. The van der Waals surface area contributed by atoms with E-state index in [0.717, 1.165) is 12.5 Å². The molecule has 2 fully saturated rings. The minimum atomic E-state index is 0.446. The van der Waals surface area contributed by atoms with Gasteiger partial charge in [0.2, 0.25) is 0 Å². The van der Waals surface area contributed by atoms with E-state index in [1.807, 2.05) is 0 Å². The smallest absolute Gasteiger partial charge is 0.0180 e. The molecule has 0 aromatic carbocycles. The predicted octanol–water partition coefficient (Wildman–Crippen LogP) is 0.361. The van der Waals surface area contributed by atoms with Gasteiger partial charge in [0.25, 0.3) is 0 Å². The average Bonchev–Trinajstić information content (AvgIpc) is 2.56. The van der Waals surface area contributed by atoms with Gasteiger partial charge in [-0.25, -0.2) is 0 Å². The maximum atomic E-state index is 5.90. The Morgan fingerprint density at radius 1 is 1.14 bits per heavy atom. The second kappa shape index (κ2) is 4.60. The van der Waals surface area contributed by atoms with E-state index in [4.69, 9.17) is 5.73 Å². The van der Waals surface area contributed by atoms with E-state index in [0.29, 0.717) is 6.04 Å². The van der Waals surface area contributed by atoms with E-state index in [2.05, 4.69) is 16.8 Å². The van der Waals surface area contributed by atoms with Gasteiger partial charge < -0.3 is 15.5 Å². The fraction of sp³-hybridized carbons (Fsp3) is 1.00. The molecule has 2 saturated heterocycles. The van der Waals surface area contributed by atoms with E-state index in [1.165, 1.54) is 45.4 Å². The molecule has 1 atom stereocenters. The van der Waals surface area contributed by atoms with Crippen LogP contribution in [0.4, 0.5) is 0 Å². The van der Waals surface area contributed by atoms with Crippen LogP contribution >= 0.6 is 0 Å². The van der Waals surface area contributed by atoms with Crippen LogP contribution in [0.3, 0.4) is 0 Å². The minimum Gasteiger partial charge on any atom is -0.326 e. The molecule has 0 amide bonds. The maximum Gasteiger partial charge on any atom is 0.0180 e. The molecular formula is C11H23N3. The zero-order valence-electron chi connectivity index (χ0n) is 9.28. The first kappa shape index (κ1) is 10.4. The van der Waals surface area contributed by atoms with Crippen molar-refractivity contribution in [1.82, 2.24) is 9.80 Å². The van der Waals surface area contributed by atoms with E-state index in [-0.39, 0.29) is 0 Å². The first-order chi connectivity index (χ1) is 6.74. The first-order valence-corrected chi connectivity index (χ1v) is 5.90. The molecule has 2 heterocycles. The average molecular weight is 197 g/mol. The second-order valence-electron chi connectivity index (χ2n) is 5.05. The van der Waals surface area contributed by atoms with E-state index in [9.17, 15) is 0 Å². The first-order valence-electron chi connectivity index (χ1n) is 5.90. The van der Waals surface area contributed by atoms with Crippen LogP contribution < -0.4 is 5.73 Å². The molecule has 0 spiro atoms. The fourth-order valence-corrected chi connectivity index (χ4v) is 2.64. The third kappa shape index (κ3) is 2.69. The van der Waals surface area contributed by atoms with Crippen molar-refractivity contribution in [2.24, 2.45) is 11.7 Å². The van der Waals surface area contributed by atoms with Crippen LogP contribution in [-0.4, -0.2) is 55.6 Å². The van der Waals surface area contributed by atoms with Crippen LogP contribution in [0.25, 0.3) is 0 Å². The van der Waals surface area contributed by atoms with Gasteiger partial charge in [0, 0.05) is 19.1 Å². The van der Waals surface area contributed by atoms with E-state index < -0.39 is 0 Å². The third-order valence-corrected chi connectivity index (χ3v) is 3.66. The third-order valence-electron chi connectivity index (χ3n) is 3.66. The Morgan fingerprint density at radius 3 is 2.43 bits per heavy atom. The minimum absolute atomic E-state index is 0.446. The quantitative estimate of drug-likeness (QED) is 0.694. The van der Waals surface area contributed by atoms with Crippen LogP contribution in [0.1, 0.15) is 19.3 Å². The van der Waals surface area contributed by atoms with Gasteiger partial charge in [-0.1, -0.05) is 0 Å². The van der Waals surface area contributed by atoms with Crippen molar-refractivity contribution < 1.29 is 0 Å². The molecular weight excluding hydrogens is 174 g/mol. The van der Waals surface area contributed by atoms with Crippen molar-refractivity contribution in [2.75, 3.05) is 39.8 Å². The van der Waals surface area contributed by atoms with E-state index in [1.54, 1.807) is 0 Å². The monoisotopic (exact) mass is 197 g/mol. The zero-order chi connectivity index (χ0) is 9.97. The van der Waals surface area contributed by atoms with Crippen LogP contribution in [0.15, 0.2) is 0 Å². The SMILES string of the molecule is CN1CCC(CN2CC[C@H](N)C2)CC1. The Labute approximate surface area is 87.2 Å². The van der Waals surface area contributed by atoms with Crippen molar-refractivity contribution >= 4 is 0 Å². The Morgan fingerprint density at radius 2 is 1.86 bits per heavy atom. The maximum absolute atomic E-state index is 5.90. The summed E-state index contributed by atoms with van der Waals surface area (Å²) in [5.41, 5.74) is 5.90. The van der Waals surface area contributed by atoms with Gasteiger partial charge in [-0.05, 0) is 51.9 Å². The van der Waals surface area contributed by atoms with Gasteiger partial charge in [-0.15, -0.1) is 0 Å². The fourth-order valence-electron chi connectivity index (χ4n) is 2.64. The lowest BCUT2D eigenvalue weighted by Gasteiger charge is -2.31. The summed E-state index contributed by atoms with van der Waals surface area (Å²) >= 11 is 0.